The number of aliphatic hydroxyl groups is 1. The summed E-state index contributed by atoms with van der Waals surface area (Å²) in [4.78, 5) is 4.40. The van der Waals surface area contributed by atoms with E-state index in [1.54, 1.807) is 11.0 Å². The van der Waals surface area contributed by atoms with Crippen LogP contribution in [0.1, 0.15) is 32.8 Å². The van der Waals surface area contributed by atoms with Gasteiger partial charge in [0.2, 0.25) is 0 Å². The average molecular weight is 361 g/mol. The summed E-state index contributed by atoms with van der Waals surface area (Å²) in [5.41, 5.74) is 2.52. The Morgan fingerprint density at radius 3 is 2.37 bits per heavy atom. The van der Waals surface area contributed by atoms with Gasteiger partial charge in [-0.05, 0) is 69.3 Å². The maximum Gasteiger partial charge on any atom is 0.181 e. The van der Waals surface area contributed by atoms with E-state index >= 15 is 0 Å². The molecule has 0 unspecified atom stereocenters. The maximum absolute atomic E-state index is 8.77. The quantitative estimate of drug-likeness (QED) is 0.717. The van der Waals surface area contributed by atoms with Crippen molar-refractivity contribution in [3.8, 4) is 34.7 Å². The van der Waals surface area contributed by atoms with Crippen molar-refractivity contribution in [1.82, 2.24) is 14.8 Å². The smallest absolute Gasteiger partial charge is 0.181 e. The lowest BCUT2D eigenvalue weighted by atomic mass is 10.1. The largest absolute Gasteiger partial charge is 0.488 e. The Hall–Kier alpha value is -3.10. The molecule has 138 valence electrons. The Morgan fingerprint density at radius 1 is 1.04 bits per heavy atom. The van der Waals surface area contributed by atoms with E-state index in [4.69, 9.17) is 9.84 Å². The predicted molar refractivity (Wildman–Crippen MR) is 106 cm³/mol. The van der Waals surface area contributed by atoms with Crippen LogP contribution in [0, 0.1) is 11.8 Å². The van der Waals surface area contributed by atoms with E-state index in [0.29, 0.717) is 12.2 Å². The molecule has 3 aromatic rings. The standard InChI is InChI=1S/C22H23N3O2/c1-22(2,3)27-20-13-11-19(12-14-20)25-16-23-21(24-25)18-9-7-17(8-10-18)6-4-5-15-26/h7-14,16,26H,5,15H2,1-3H3. The Bertz CT molecular complexity index is 940. The molecule has 0 radical (unpaired) electrons. The van der Waals surface area contributed by atoms with Gasteiger partial charge in [0.25, 0.3) is 0 Å². The summed E-state index contributed by atoms with van der Waals surface area (Å²) in [6.07, 6.45) is 2.18. The van der Waals surface area contributed by atoms with E-state index < -0.39 is 0 Å². The number of nitrogens with zero attached hydrogens (tertiary/aromatic N) is 3. The van der Waals surface area contributed by atoms with E-state index in [1.165, 1.54) is 0 Å². The summed E-state index contributed by atoms with van der Waals surface area (Å²) in [6.45, 7) is 6.14. The van der Waals surface area contributed by atoms with E-state index in [0.717, 1.165) is 22.6 Å². The van der Waals surface area contributed by atoms with Crippen molar-refractivity contribution in [3.05, 3.63) is 60.4 Å². The molecule has 27 heavy (non-hydrogen) atoms. The minimum absolute atomic E-state index is 0.0791. The third-order valence-corrected chi connectivity index (χ3v) is 3.63. The lowest BCUT2D eigenvalue weighted by molar-refractivity contribution is 0.131. The highest BCUT2D eigenvalue weighted by atomic mass is 16.5. The van der Waals surface area contributed by atoms with Crippen molar-refractivity contribution in [3.63, 3.8) is 0 Å². The first-order valence-corrected chi connectivity index (χ1v) is 8.86. The van der Waals surface area contributed by atoms with E-state index in [2.05, 4.69) is 21.9 Å². The minimum atomic E-state index is -0.226. The molecule has 5 nitrogen and oxygen atoms in total. The second kappa shape index (κ2) is 8.07. The topological polar surface area (TPSA) is 60.2 Å². The first kappa shape index (κ1) is 18.7. The lowest BCUT2D eigenvalue weighted by Gasteiger charge is -2.21. The highest BCUT2D eigenvalue weighted by Gasteiger charge is 2.12. The number of ether oxygens (including phenoxy) is 1. The lowest BCUT2D eigenvalue weighted by Crippen LogP contribution is -2.22. The molecule has 0 fully saturated rings. The van der Waals surface area contributed by atoms with Gasteiger partial charge >= 0.3 is 0 Å². The SMILES string of the molecule is CC(C)(C)Oc1ccc(-n2cnc(-c3ccc(C#CCCO)cc3)n2)cc1. The molecule has 0 aliphatic rings. The van der Waals surface area contributed by atoms with Crippen molar-refractivity contribution in [1.29, 1.82) is 0 Å². The number of aromatic nitrogens is 3. The van der Waals surface area contributed by atoms with Crippen LogP contribution < -0.4 is 4.74 Å². The molecule has 1 N–H and O–H groups in total. The third kappa shape index (κ3) is 5.19. The van der Waals surface area contributed by atoms with Gasteiger partial charge in [-0.15, -0.1) is 5.10 Å². The molecular formula is C22H23N3O2. The molecule has 1 heterocycles. The van der Waals surface area contributed by atoms with Crippen LogP contribution in [0.15, 0.2) is 54.9 Å². The van der Waals surface area contributed by atoms with Gasteiger partial charge in [0.1, 0.15) is 17.7 Å². The molecule has 0 saturated heterocycles. The van der Waals surface area contributed by atoms with Crippen molar-refractivity contribution < 1.29 is 9.84 Å². The normalized spacial score (nSPS) is 11.0. The molecular weight excluding hydrogens is 338 g/mol. The van der Waals surface area contributed by atoms with Crippen molar-refractivity contribution in [2.75, 3.05) is 6.61 Å². The zero-order chi connectivity index (χ0) is 19.3. The Kier molecular flexibility index (Phi) is 5.58. The Morgan fingerprint density at radius 2 is 1.74 bits per heavy atom. The number of hydrogen-bond donors (Lipinski definition) is 1. The zero-order valence-corrected chi connectivity index (χ0v) is 15.8. The summed E-state index contributed by atoms with van der Waals surface area (Å²) >= 11 is 0. The second-order valence-electron chi connectivity index (χ2n) is 7.07. The fourth-order valence-electron chi connectivity index (χ4n) is 2.46. The van der Waals surface area contributed by atoms with Gasteiger partial charge in [0.15, 0.2) is 5.82 Å². The van der Waals surface area contributed by atoms with Crippen LogP contribution in [-0.4, -0.2) is 32.1 Å². The Balaban J connectivity index is 1.74. The van der Waals surface area contributed by atoms with Crippen LogP contribution in [0.4, 0.5) is 0 Å². The van der Waals surface area contributed by atoms with Gasteiger partial charge in [-0.1, -0.05) is 11.8 Å². The summed E-state index contributed by atoms with van der Waals surface area (Å²) in [6, 6.07) is 15.5. The monoisotopic (exact) mass is 361 g/mol. The number of benzene rings is 2. The molecule has 0 atom stereocenters. The molecule has 0 spiro atoms. The summed E-state index contributed by atoms with van der Waals surface area (Å²) in [5, 5.41) is 13.3. The average Bonchev–Trinajstić information content (AvgIpc) is 3.12. The Labute approximate surface area is 159 Å². The highest BCUT2D eigenvalue weighted by Crippen LogP contribution is 2.21. The molecule has 0 aliphatic carbocycles. The van der Waals surface area contributed by atoms with E-state index in [9.17, 15) is 0 Å². The summed E-state index contributed by atoms with van der Waals surface area (Å²) < 4.78 is 7.58. The van der Waals surface area contributed by atoms with Gasteiger partial charge in [-0.2, -0.15) is 0 Å². The van der Waals surface area contributed by atoms with Crippen LogP contribution in [0.25, 0.3) is 17.1 Å². The van der Waals surface area contributed by atoms with Crippen molar-refractivity contribution >= 4 is 0 Å². The van der Waals surface area contributed by atoms with E-state index in [1.807, 2.05) is 69.3 Å². The molecule has 3 rings (SSSR count). The molecule has 0 aliphatic heterocycles. The number of aliphatic hydroxyl groups excluding tert-OH is 1. The second-order valence-corrected chi connectivity index (χ2v) is 7.07. The number of rotatable bonds is 4. The van der Waals surface area contributed by atoms with Crippen LogP contribution >= 0.6 is 0 Å². The van der Waals surface area contributed by atoms with Crippen LogP contribution in [0.5, 0.6) is 5.75 Å². The first-order valence-electron chi connectivity index (χ1n) is 8.86. The fourth-order valence-corrected chi connectivity index (χ4v) is 2.46. The third-order valence-electron chi connectivity index (χ3n) is 3.63. The van der Waals surface area contributed by atoms with Gasteiger partial charge in [0.05, 0.1) is 12.3 Å². The fraction of sp³-hybridized carbons (Fsp3) is 0.273. The zero-order valence-electron chi connectivity index (χ0n) is 15.8. The molecule has 0 amide bonds. The van der Waals surface area contributed by atoms with Crippen LogP contribution in [0.3, 0.4) is 0 Å². The molecule has 1 aromatic heterocycles. The molecule has 5 heteroatoms. The predicted octanol–water partition coefficient (Wildman–Crippen LogP) is 3.85. The van der Waals surface area contributed by atoms with Gasteiger partial charge in [0, 0.05) is 17.5 Å². The van der Waals surface area contributed by atoms with Crippen LogP contribution in [0.2, 0.25) is 0 Å². The van der Waals surface area contributed by atoms with Gasteiger partial charge < -0.3 is 9.84 Å². The minimum Gasteiger partial charge on any atom is -0.488 e. The first-order chi connectivity index (χ1) is 12.9. The van der Waals surface area contributed by atoms with E-state index in [-0.39, 0.29) is 12.2 Å². The van der Waals surface area contributed by atoms with Gasteiger partial charge in [-0.3, -0.25) is 0 Å². The maximum atomic E-state index is 8.77. The van der Waals surface area contributed by atoms with Crippen molar-refractivity contribution in [2.24, 2.45) is 0 Å². The summed E-state index contributed by atoms with van der Waals surface area (Å²) in [7, 11) is 0. The van der Waals surface area contributed by atoms with Gasteiger partial charge in [-0.25, -0.2) is 9.67 Å². The molecule has 0 bridgehead atoms. The molecule has 0 saturated carbocycles. The number of hydrogen-bond acceptors (Lipinski definition) is 4. The molecule has 2 aromatic carbocycles. The van der Waals surface area contributed by atoms with Crippen molar-refractivity contribution in [2.45, 2.75) is 32.8 Å². The highest BCUT2D eigenvalue weighted by molar-refractivity contribution is 5.56. The van der Waals surface area contributed by atoms with Crippen LogP contribution in [-0.2, 0) is 0 Å². The summed E-state index contributed by atoms with van der Waals surface area (Å²) in [5.74, 6) is 7.39.